The van der Waals surface area contributed by atoms with E-state index in [-0.39, 0.29) is 10.8 Å². The van der Waals surface area contributed by atoms with E-state index in [1.54, 1.807) is 0 Å². The predicted octanol–water partition coefficient (Wildman–Crippen LogP) is 4.41. The van der Waals surface area contributed by atoms with Gasteiger partial charge in [0.15, 0.2) is 0 Å². The standard InChI is InChI=1S/C17H25NO/c1-11(18-19)14-9-12(16(2,3)4)10-15-13(14)7-8-17(15,5)6/h9-10,19H,7-8H2,1-6H3/b18-11+. The summed E-state index contributed by atoms with van der Waals surface area (Å²) in [5, 5.41) is 12.6. The fourth-order valence-corrected chi connectivity index (χ4v) is 2.93. The van der Waals surface area contributed by atoms with Crippen molar-refractivity contribution in [2.24, 2.45) is 5.16 Å². The highest BCUT2D eigenvalue weighted by Crippen LogP contribution is 2.42. The van der Waals surface area contributed by atoms with E-state index in [4.69, 9.17) is 5.21 Å². The Labute approximate surface area is 116 Å². The van der Waals surface area contributed by atoms with Crippen molar-refractivity contribution in [3.05, 3.63) is 34.4 Å². The summed E-state index contributed by atoms with van der Waals surface area (Å²) in [6.07, 6.45) is 2.25. The lowest BCUT2D eigenvalue weighted by atomic mass is 9.79. The quantitative estimate of drug-likeness (QED) is 0.452. The van der Waals surface area contributed by atoms with Crippen molar-refractivity contribution in [3.63, 3.8) is 0 Å². The van der Waals surface area contributed by atoms with Crippen LogP contribution >= 0.6 is 0 Å². The number of hydrogen-bond acceptors (Lipinski definition) is 2. The average molecular weight is 259 g/mol. The Hall–Kier alpha value is -1.31. The maximum Gasteiger partial charge on any atom is 0.0839 e. The van der Waals surface area contributed by atoms with Crippen molar-refractivity contribution in [2.45, 2.75) is 65.2 Å². The highest BCUT2D eigenvalue weighted by atomic mass is 16.4. The van der Waals surface area contributed by atoms with Gasteiger partial charge in [0.1, 0.15) is 0 Å². The van der Waals surface area contributed by atoms with Crippen LogP contribution in [-0.4, -0.2) is 10.9 Å². The van der Waals surface area contributed by atoms with Crippen LogP contribution in [0.2, 0.25) is 0 Å². The van der Waals surface area contributed by atoms with E-state index in [0.29, 0.717) is 0 Å². The molecule has 2 rings (SSSR count). The largest absolute Gasteiger partial charge is 0.411 e. The predicted molar refractivity (Wildman–Crippen MR) is 80.5 cm³/mol. The van der Waals surface area contributed by atoms with Crippen LogP contribution < -0.4 is 0 Å². The number of benzene rings is 1. The van der Waals surface area contributed by atoms with Crippen LogP contribution in [0.3, 0.4) is 0 Å². The molecule has 104 valence electrons. The van der Waals surface area contributed by atoms with Gasteiger partial charge in [-0.1, -0.05) is 45.8 Å². The van der Waals surface area contributed by atoms with Gasteiger partial charge in [-0.05, 0) is 53.4 Å². The van der Waals surface area contributed by atoms with Gasteiger partial charge in [-0.25, -0.2) is 0 Å². The first kappa shape index (κ1) is 14.1. The number of rotatable bonds is 1. The molecule has 0 bridgehead atoms. The molecule has 1 aliphatic rings. The maximum atomic E-state index is 9.13. The molecule has 0 saturated heterocycles. The van der Waals surface area contributed by atoms with Gasteiger partial charge in [-0.15, -0.1) is 0 Å². The average Bonchev–Trinajstić information content (AvgIpc) is 2.62. The lowest BCUT2D eigenvalue weighted by Gasteiger charge is -2.26. The lowest BCUT2D eigenvalue weighted by Crippen LogP contribution is -2.17. The summed E-state index contributed by atoms with van der Waals surface area (Å²) in [4.78, 5) is 0. The Kier molecular flexibility index (Phi) is 3.24. The van der Waals surface area contributed by atoms with Crippen molar-refractivity contribution < 1.29 is 5.21 Å². The Morgan fingerprint density at radius 3 is 2.42 bits per heavy atom. The van der Waals surface area contributed by atoms with Crippen LogP contribution in [0.25, 0.3) is 0 Å². The second kappa shape index (κ2) is 4.36. The third kappa shape index (κ3) is 2.41. The molecule has 1 aromatic rings. The van der Waals surface area contributed by atoms with Gasteiger partial charge < -0.3 is 5.21 Å². The molecule has 0 radical (unpaired) electrons. The number of hydrogen-bond donors (Lipinski definition) is 1. The van der Waals surface area contributed by atoms with Gasteiger partial charge in [0, 0.05) is 5.56 Å². The minimum absolute atomic E-state index is 0.109. The van der Waals surface area contributed by atoms with Gasteiger partial charge in [0.05, 0.1) is 5.71 Å². The normalized spacial score (nSPS) is 18.5. The molecule has 2 nitrogen and oxygen atoms in total. The minimum atomic E-state index is 0.109. The van der Waals surface area contributed by atoms with E-state index < -0.39 is 0 Å². The Morgan fingerprint density at radius 1 is 1.26 bits per heavy atom. The van der Waals surface area contributed by atoms with Crippen LogP contribution in [0.15, 0.2) is 17.3 Å². The molecule has 0 spiro atoms. The first-order valence-corrected chi connectivity index (χ1v) is 7.04. The van der Waals surface area contributed by atoms with Gasteiger partial charge >= 0.3 is 0 Å². The smallest absolute Gasteiger partial charge is 0.0839 e. The Balaban J connectivity index is 2.73. The summed E-state index contributed by atoms with van der Waals surface area (Å²) < 4.78 is 0. The monoisotopic (exact) mass is 259 g/mol. The Morgan fingerprint density at radius 2 is 1.89 bits per heavy atom. The molecule has 1 aliphatic carbocycles. The zero-order chi connectivity index (χ0) is 14.4. The second-order valence-electron chi connectivity index (χ2n) is 7.37. The van der Waals surface area contributed by atoms with E-state index in [9.17, 15) is 0 Å². The SMILES string of the molecule is C/C(=N\O)c1cc(C(C)(C)C)cc2c1CCC2(C)C. The Bertz CT molecular complexity index is 533. The van der Waals surface area contributed by atoms with Gasteiger partial charge in [-0.3, -0.25) is 0 Å². The molecule has 0 aliphatic heterocycles. The van der Waals surface area contributed by atoms with Gasteiger partial charge in [-0.2, -0.15) is 0 Å². The van der Waals surface area contributed by atoms with E-state index in [1.807, 2.05) is 6.92 Å². The van der Waals surface area contributed by atoms with Gasteiger partial charge in [0.25, 0.3) is 0 Å². The van der Waals surface area contributed by atoms with Crippen LogP contribution in [0.4, 0.5) is 0 Å². The molecule has 0 atom stereocenters. The van der Waals surface area contributed by atoms with Crippen molar-refractivity contribution >= 4 is 5.71 Å². The fourth-order valence-electron chi connectivity index (χ4n) is 2.93. The van der Waals surface area contributed by atoms with E-state index in [2.05, 4.69) is 51.9 Å². The highest BCUT2D eigenvalue weighted by molar-refractivity contribution is 6.00. The third-order valence-electron chi connectivity index (χ3n) is 4.38. The van der Waals surface area contributed by atoms with Gasteiger partial charge in [0.2, 0.25) is 0 Å². The topological polar surface area (TPSA) is 32.6 Å². The molecule has 0 saturated carbocycles. The van der Waals surface area contributed by atoms with E-state index >= 15 is 0 Å². The summed E-state index contributed by atoms with van der Waals surface area (Å²) in [6.45, 7) is 13.2. The maximum absolute atomic E-state index is 9.13. The highest BCUT2D eigenvalue weighted by Gasteiger charge is 2.33. The number of oxime groups is 1. The summed E-state index contributed by atoms with van der Waals surface area (Å²) in [5.41, 5.74) is 6.29. The number of fused-ring (bicyclic) bond motifs is 1. The first-order chi connectivity index (χ1) is 8.66. The molecule has 0 heterocycles. The molecule has 0 fully saturated rings. The lowest BCUT2D eigenvalue weighted by molar-refractivity contribution is 0.319. The summed E-state index contributed by atoms with van der Waals surface area (Å²) in [5.74, 6) is 0. The summed E-state index contributed by atoms with van der Waals surface area (Å²) >= 11 is 0. The van der Waals surface area contributed by atoms with Crippen molar-refractivity contribution in [3.8, 4) is 0 Å². The molecule has 0 amide bonds. The zero-order valence-electron chi connectivity index (χ0n) is 13.0. The third-order valence-corrected chi connectivity index (χ3v) is 4.38. The summed E-state index contributed by atoms with van der Waals surface area (Å²) in [7, 11) is 0. The molecule has 19 heavy (non-hydrogen) atoms. The molecular weight excluding hydrogens is 234 g/mol. The fraction of sp³-hybridized carbons (Fsp3) is 0.588. The first-order valence-electron chi connectivity index (χ1n) is 7.04. The van der Waals surface area contributed by atoms with Crippen molar-refractivity contribution in [1.82, 2.24) is 0 Å². The molecular formula is C17H25NO. The number of nitrogens with zero attached hydrogens (tertiary/aromatic N) is 1. The van der Waals surface area contributed by atoms with Crippen LogP contribution in [0.5, 0.6) is 0 Å². The van der Waals surface area contributed by atoms with Crippen molar-refractivity contribution in [2.75, 3.05) is 0 Å². The van der Waals surface area contributed by atoms with Crippen LogP contribution in [0, 0.1) is 0 Å². The molecule has 1 N–H and O–H groups in total. The van der Waals surface area contributed by atoms with Crippen LogP contribution in [0.1, 0.15) is 70.2 Å². The van der Waals surface area contributed by atoms with E-state index in [1.165, 1.54) is 23.1 Å². The zero-order valence-corrected chi connectivity index (χ0v) is 13.0. The van der Waals surface area contributed by atoms with Crippen LogP contribution in [-0.2, 0) is 17.3 Å². The molecule has 0 unspecified atom stereocenters. The molecule has 2 heteroatoms. The van der Waals surface area contributed by atoms with E-state index in [0.717, 1.165) is 17.7 Å². The minimum Gasteiger partial charge on any atom is -0.411 e. The molecule has 1 aromatic carbocycles. The van der Waals surface area contributed by atoms with Crippen molar-refractivity contribution in [1.29, 1.82) is 0 Å². The molecule has 0 aromatic heterocycles. The summed E-state index contributed by atoms with van der Waals surface area (Å²) in [6, 6.07) is 4.56. The second-order valence-corrected chi connectivity index (χ2v) is 7.37.